The van der Waals surface area contributed by atoms with E-state index in [4.69, 9.17) is 14.2 Å². The Hall–Kier alpha value is -2.71. The summed E-state index contributed by atoms with van der Waals surface area (Å²) in [6, 6.07) is 14.7. The third-order valence-corrected chi connectivity index (χ3v) is 10.8. The quantitative estimate of drug-likeness (QED) is 0.126. The molecule has 0 spiro atoms. The summed E-state index contributed by atoms with van der Waals surface area (Å²) in [5.41, 5.74) is 6.84. The smallest absolute Gasteiger partial charge is 0.307 e. The number of hydrogen-bond acceptors (Lipinski definition) is 6. The lowest BCUT2D eigenvalue weighted by atomic mass is 9.78. The number of aliphatic carboxylic acids is 1. The van der Waals surface area contributed by atoms with Crippen molar-refractivity contribution in [3.63, 3.8) is 0 Å². The number of aromatic nitrogens is 3. The number of halogens is 2. The van der Waals surface area contributed by atoms with Gasteiger partial charge < -0.3 is 19.3 Å². The van der Waals surface area contributed by atoms with E-state index in [1.807, 2.05) is 49.0 Å². The van der Waals surface area contributed by atoms with Gasteiger partial charge in [-0.2, -0.15) is 0 Å². The molecule has 282 valence electrons. The van der Waals surface area contributed by atoms with E-state index < -0.39 is 5.97 Å². The van der Waals surface area contributed by atoms with Gasteiger partial charge >= 0.3 is 5.97 Å². The third kappa shape index (κ3) is 11.4. The predicted octanol–water partition coefficient (Wildman–Crippen LogP) is 10.9. The van der Waals surface area contributed by atoms with Crippen LogP contribution in [0.1, 0.15) is 115 Å². The Morgan fingerprint density at radius 2 is 1.38 bits per heavy atom. The highest BCUT2D eigenvalue weighted by Gasteiger charge is 2.27. The van der Waals surface area contributed by atoms with Crippen molar-refractivity contribution in [3.05, 3.63) is 94.9 Å². The lowest BCUT2D eigenvalue weighted by Gasteiger charge is -2.31. The van der Waals surface area contributed by atoms with Crippen LogP contribution in [0, 0.1) is 21.0 Å². The molecule has 0 saturated carbocycles. The fourth-order valence-electron chi connectivity index (χ4n) is 5.97. The molecule has 0 aliphatic rings. The van der Waals surface area contributed by atoms with Crippen LogP contribution < -0.4 is 9.47 Å². The minimum absolute atomic E-state index is 0.0229. The monoisotopic (exact) mass is 935 g/mol. The summed E-state index contributed by atoms with van der Waals surface area (Å²) in [6.07, 6.45) is 3.53. The zero-order valence-corrected chi connectivity index (χ0v) is 37.1. The molecule has 0 atom stereocenters. The van der Waals surface area contributed by atoms with Crippen molar-refractivity contribution in [2.24, 2.45) is 0 Å². The SMILES string of the molecule is Cc1cc(Oc2c(C)cc(CC(=O)O)cc2I)cc(I)c1OCc1cn(C(C)(C)CCOC(C)(C)Cc2cc(C(C)(C)C)cc(C(C)(C)C)c2)nn1. The van der Waals surface area contributed by atoms with E-state index in [2.05, 4.69) is 143 Å². The predicted molar refractivity (Wildman–Crippen MR) is 225 cm³/mol. The summed E-state index contributed by atoms with van der Waals surface area (Å²) in [6.45, 7) is 27.1. The first-order chi connectivity index (χ1) is 23.9. The number of rotatable bonds is 14. The molecule has 0 radical (unpaired) electrons. The van der Waals surface area contributed by atoms with Crippen LogP contribution in [0.25, 0.3) is 0 Å². The first-order valence-electron chi connectivity index (χ1n) is 17.8. The average molecular weight is 936 g/mol. The molecule has 8 nitrogen and oxygen atoms in total. The molecule has 0 bridgehead atoms. The topological polar surface area (TPSA) is 95.7 Å². The number of carbonyl (C=O) groups is 1. The van der Waals surface area contributed by atoms with Crippen molar-refractivity contribution in [1.29, 1.82) is 0 Å². The Labute approximate surface area is 337 Å². The molecule has 52 heavy (non-hydrogen) atoms. The number of carboxylic acids is 1. The molecule has 1 heterocycles. The van der Waals surface area contributed by atoms with Gasteiger partial charge in [-0.25, -0.2) is 4.68 Å². The zero-order chi connectivity index (χ0) is 38.8. The molecule has 10 heteroatoms. The second-order valence-corrected chi connectivity index (χ2v) is 19.5. The van der Waals surface area contributed by atoms with Crippen LogP contribution in [0.3, 0.4) is 0 Å². The molecule has 1 N–H and O–H groups in total. The standard InChI is InChI=1S/C42H55I2N3O5/c1-26-15-28(20-36(48)49)19-34(43)38(26)52-33-16-27(2)37(35(44)22-33)50-25-32-24-47(46-45-32)41(9,10)13-14-51-42(11,12)23-29-17-30(39(3,4)5)21-31(18-29)40(6,7)8/h15-19,21-22,24H,13-14,20,23,25H2,1-12H3,(H,48,49). The Morgan fingerprint density at radius 3 is 1.94 bits per heavy atom. The van der Waals surface area contributed by atoms with E-state index in [0.717, 1.165) is 48.1 Å². The second-order valence-electron chi connectivity index (χ2n) is 17.2. The number of ether oxygens (including phenoxy) is 3. The van der Waals surface area contributed by atoms with E-state index in [-0.39, 0.29) is 35.0 Å². The fourth-order valence-corrected chi connectivity index (χ4v) is 7.79. The number of nitrogens with zero attached hydrogens (tertiary/aromatic N) is 3. The van der Waals surface area contributed by atoms with Crippen LogP contribution in [-0.2, 0) is 45.3 Å². The summed E-state index contributed by atoms with van der Waals surface area (Å²) < 4.78 is 22.8. The highest BCUT2D eigenvalue weighted by atomic mass is 127. The van der Waals surface area contributed by atoms with Gasteiger partial charge in [-0.3, -0.25) is 4.79 Å². The lowest BCUT2D eigenvalue weighted by molar-refractivity contribution is -0.136. The Bertz CT molecular complexity index is 1820. The summed E-state index contributed by atoms with van der Waals surface area (Å²) in [7, 11) is 0. The van der Waals surface area contributed by atoms with E-state index in [1.54, 1.807) is 0 Å². The third-order valence-electron chi connectivity index (χ3n) is 9.15. The Morgan fingerprint density at radius 1 is 0.788 bits per heavy atom. The number of benzene rings is 3. The molecule has 3 aromatic carbocycles. The van der Waals surface area contributed by atoms with Crippen LogP contribution in [0.15, 0.2) is 48.7 Å². The molecular formula is C42H55I2N3O5. The largest absolute Gasteiger partial charge is 0.486 e. The van der Waals surface area contributed by atoms with Crippen molar-refractivity contribution in [2.75, 3.05) is 6.61 Å². The van der Waals surface area contributed by atoms with Crippen molar-refractivity contribution >= 4 is 51.2 Å². The normalized spacial score (nSPS) is 12.7. The van der Waals surface area contributed by atoms with Crippen molar-refractivity contribution in [1.82, 2.24) is 15.0 Å². The van der Waals surface area contributed by atoms with E-state index in [9.17, 15) is 9.90 Å². The van der Waals surface area contributed by atoms with Gasteiger partial charge in [-0.1, -0.05) is 71.0 Å². The van der Waals surface area contributed by atoms with Gasteiger partial charge in [0.05, 0.1) is 30.9 Å². The van der Waals surface area contributed by atoms with Crippen LogP contribution in [-0.4, -0.2) is 38.3 Å². The summed E-state index contributed by atoms with van der Waals surface area (Å²) >= 11 is 4.45. The Balaban J connectivity index is 1.36. The first kappa shape index (κ1) is 42.0. The number of aryl methyl sites for hydroxylation is 2. The summed E-state index contributed by atoms with van der Waals surface area (Å²) in [5.74, 6) is 1.31. The maximum Gasteiger partial charge on any atom is 0.307 e. The van der Waals surface area contributed by atoms with Crippen molar-refractivity contribution < 1.29 is 24.1 Å². The molecular weight excluding hydrogens is 880 g/mol. The van der Waals surface area contributed by atoms with Crippen LogP contribution in [0.2, 0.25) is 0 Å². The lowest BCUT2D eigenvalue weighted by Crippen LogP contribution is -2.33. The first-order valence-corrected chi connectivity index (χ1v) is 19.9. The zero-order valence-electron chi connectivity index (χ0n) is 32.8. The van der Waals surface area contributed by atoms with Gasteiger partial charge in [0, 0.05) is 13.0 Å². The molecule has 0 unspecified atom stereocenters. The van der Waals surface area contributed by atoms with Crippen LogP contribution in [0.4, 0.5) is 0 Å². The molecule has 0 aliphatic heterocycles. The molecule has 0 saturated heterocycles. The fraction of sp³-hybridized carbons (Fsp3) is 0.500. The highest BCUT2D eigenvalue weighted by molar-refractivity contribution is 14.1. The summed E-state index contributed by atoms with van der Waals surface area (Å²) in [4.78, 5) is 11.2. The molecule has 0 fully saturated rings. The summed E-state index contributed by atoms with van der Waals surface area (Å²) in [5, 5.41) is 18.1. The van der Waals surface area contributed by atoms with Crippen LogP contribution >= 0.6 is 45.2 Å². The molecule has 0 aliphatic carbocycles. The average Bonchev–Trinajstić information content (AvgIpc) is 3.47. The second kappa shape index (κ2) is 16.3. The minimum atomic E-state index is -0.857. The maximum absolute atomic E-state index is 11.2. The van der Waals surface area contributed by atoms with Crippen molar-refractivity contribution in [3.8, 4) is 17.2 Å². The molecule has 4 rings (SSSR count). The van der Waals surface area contributed by atoms with Gasteiger partial charge in [0.1, 0.15) is 29.5 Å². The molecule has 0 amide bonds. The van der Waals surface area contributed by atoms with Gasteiger partial charge in [0.15, 0.2) is 0 Å². The van der Waals surface area contributed by atoms with Gasteiger partial charge in [-0.15, -0.1) is 5.10 Å². The number of carboxylic acid groups (broad SMARTS) is 1. The van der Waals surface area contributed by atoms with Crippen LogP contribution in [0.5, 0.6) is 17.2 Å². The van der Waals surface area contributed by atoms with Gasteiger partial charge in [0.25, 0.3) is 0 Å². The molecule has 1 aromatic heterocycles. The maximum atomic E-state index is 11.2. The van der Waals surface area contributed by atoms with Gasteiger partial charge in [0.2, 0.25) is 0 Å². The van der Waals surface area contributed by atoms with E-state index >= 15 is 0 Å². The van der Waals surface area contributed by atoms with E-state index in [1.165, 1.54) is 16.7 Å². The number of hydrogen-bond donors (Lipinski definition) is 1. The molecule has 4 aromatic rings. The highest BCUT2D eigenvalue weighted by Crippen LogP contribution is 2.37. The van der Waals surface area contributed by atoms with Gasteiger partial charge in [-0.05, 0) is 156 Å². The Kier molecular flexibility index (Phi) is 13.2. The van der Waals surface area contributed by atoms with Crippen molar-refractivity contribution in [2.45, 2.75) is 131 Å². The van der Waals surface area contributed by atoms with E-state index in [0.29, 0.717) is 18.1 Å². The minimum Gasteiger partial charge on any atom is -0.486 e.